The minimum Gasteiger partial charge on any atom is -0.343 e. The minimum atomic E-state index is -0.486. The van der Waals surface area contributed by atoms with E-state index in [0.717, 1.165) is 12.0 Å². The van der Waals surface area contributed by atoms with Gasteiger partial charge >= 0.3 is 0 Å². The Labute approximate surface area is 134 Å². The summed E-state index contributed by atoms with van der Waals surface area (Å²) < 4.78 is 0. The van der Waals surface area contributed by atoms with Crippen molar-refractivity contribution in [1.29, 1.82) is 0 Å². The Bertz CT molecular complexity index is 563. The molecule has 1 aromatic rings. The number of benzene rings is 1. The molecule has 1 aliphatic rings. The summed E-state index contributed by atoms with van der Waals surface area (Å²) in [6.45, 7) is 4.07. The van der Waals surface area contributed by atoms with E-state index in [1.165, 1.54) is 0 Å². The lowest BCUT2D eigenvalue weighted by Gasteiger charge is -2.37. The van der Waals surface area contributed by atoms with Gasteiger partial charge in [-0.05, 0) is 31.0 Å². The van der Waals surface area contributed by atoms with Gasteiger partial charge in [0, 0.05) is 6.54 Å². The first-order valence-corrected chi connectivity index (χ1v) is 7.74. The highest BCUT2D eigenvalue weighted by Crippen LogP contribution is 2.24. The van der Waals surface area contributed by atoms with E-state index in [1.54, 1.807) is 24.0 Å². The van der Waals surface area contributed by atoms with E-state index >= 15 is 0 Å². The van der Waals surface area contributed by atoms with Crippen LogP contribution in [-0.2, 0) is 16.1 Å². The molecule has 0 saturated carbocycles. The van der Waals surface area contributed by atoms with Gasteiger partial charge in [-0.15, -0.1) is 0 Å². The van der Waals surface area contributed by atoms with Gasteiger partial charge in [-0.25, -0.2) is 0 Å². The number of hydrogen-bond donors (Lipinski definition) is 1. The van der Waals surface area contributed by atoms with Crippen LogP contribution < -0.4 is 5.32 Å². The molecule has 1 saturated heterocycles. The third-order valence-corrected chi connectivity index (χ3v) is 4.40. The van der Waals surface area contributed by atoms with E-state index in [0.29, 0.717) is 23.0 Å². The molecule has 1 fully saturated rings. The summed E-state index contributed by atoms with van der Waals surface area (Å²) in [6, 6.07) is 4.32. The Balaban J connectivity index is 2.20. The zero-order valence-electron chi connectivity index (χ0n) is 12.0. The van der Waals surface area contributed by atoms with Crippen LogP contribution in [0.5, 0.6) is 0 Å². The van der Waals surface area contributed by atoms with Crippen molar-refractivity contribution in [3.05, 3.63) is 33.8 Å². The van der Waals surface area contributed by atoms with Crippen molar-refractivity contribution >= 4 is 35.0 Å². The van der Waals surface area contributed by atoms with E-state index in [1.807, 2.05) is 13.0 Å². The first kappa shape index (κ1) is 16.1. The number of nitrogens with one attached hydrogen (secondary N) is 1. The van der Waals surface area contributed by atoms with Crippen LogP contribution in [0.1, 0.15) is 32.3 Å². The average Bonchev–Trinajstić information content (AvgIpc) is 2.45. The number of piperazine rings is 1. The number of halogens is 2. The van der Waals surface area contributed by atoms with E-state index in [2.05, 4.69) is 5.32 Å². The maximum absolute atomic E-state index is 12.5. The third-order valence-electron chi connectivity index (χ3n) is 3.66. The van der Waals surface area contributed by atoms with Crippen LogP contribution in [0.3, 0.4) is 0 Å². The van der Waals surface area contributed by atoms with Gasteiger partial charge in [0.05, 0.1) is 10.0 Å². The Hall–Kier alpha value is -1.26. The number of carbonyl (C=O) groups is 2. The number of nitrogens with zero attached hydrogens (tertiary/aromatic N) is 1. The molecule has 0 radical (unpaired) electrons. The van der Waals surface area contributed by atoms with Crippen LogP contribution in [0.25, 0.3) is 0 Å². The summed E-state index contributed by atoms with van der Waals surface area (Å²) in [4.78, 5) is 26.1. The SMILES string of the molecule is CCCC1NC(=O)C(C)N(Cc2ccc(Cl)c(Cl)c2)C1=O. The standard InChI is InChI=1S/C15H18Cl2N2O2/c1-3-4-13-15(21)19(9(2)14(20)18-13)8-10-5-6-11(16)12(17)7-10/h5-7,9,13H,3-4,8H2,1-2H3,(H,18,20). The molecule has 2 atom stereocenters. The number of rotatable bonds is 4. The lowest BCUT2D eigenvalue weighted by Crippen LogP contribution is -2.61. The van der Waals surface area contributed by atoms with Gasteiger partial charge in [-0.1, -0.05) is 42.6 Å². The average molecular weight is 329 g/mol. The first-order valence-electron chi connectivity index (χ1n) is 6.98. The second kappa shape index (κ2) is 6.67. The number of carbonyl (C=O) groups excluding carboxylic acids is 2. The van der Waals surface area contributed by atoms with Crippen molar-refractivity contribution in [3.8, 4) is 0 Å². The van der Waals surface area contributed by atoms with Crippen molar-refractivity contribution in [3.63, 3.8) is 0 Å². The number of amides is 2. The van der Waals surface area contributed by atoms with Crippen LogP contribution in [0, 0.1) is 0 Å². The quantitative estimate of drug-likeness (QED) is 0.923. The summed E-state index contributed by atoms with van der Waals surface area (Å²) in [6.07, 6.45) is 1.49. The molecule has 1 aromatic carbocycles. The number of hydrogen-bond acceptors (Lipinski definition) is 2. The van der Waals surface area contributed by atoms with E-state index in [4.69, 9.17) is 23.2 Å². The van der Waals surface area contributed by atoms with E-state index in [-0.39, 0.29) is 11.8 Å². The second-order valence-electron chi connectivity index (χ2n) is 5.24. The summed E-state index contributed by atoms with van der Waals surface area (Å²) in [5.41, 5.74) is 0.856. The Kier molecular flexibility index (Phi) is 5.12. The van der Waals surface area contributed by atoms with Crippen LogP contribution in [0.15, 0.2) is 18.2 Å². The first-order chi connectivity index (χ1) is 9.93. The van der Waals surface area contributed by atoms with Gasteiger partial charge < -0.3 is 10.2 Å². The molecule has 2 rings (SSSR count). The second-order valence-corrected chi connectivity index (χ2v) is 6.05. The van der Waals surface area contributed by atoms with Crippen molar-refractivity contribution in [2.75, 3.05) is 0 Å². The summed E-state index contributed by atoms with van der Waals surface area (Å²) in [7, 11) is 0. The highest BCUT2D eigenvalue weighted by molar-refractivity contribution is 6.42. The Morgan fingerprint density at radius 3 is 2.57 bits per heavy atom. The van der Waals surface area contributed by atoms with Crippen LogP contribution in [0.2, 0.25) is 10.0 Å². The summed E-state index contributed by atoms with van der Waals surface area (Å²) >= 11 is 11.9. The minimum absolute atomic E-state index is 0.0463. The molecular formula is C15H18Cl2N2O2. The Morgan fingerprint density at radius 1 is 1.24 bits per heavy atom. The van der Waals surface area contributed by atoms with Crippen molar-refractivity contribution < 1.29 is 9.59 Å². The molecule has 114 valence electrons. The van der Waals surface area contributed by atoms with Gasteiger partial charge in [0.15, 0.2) is 0 Å². The Morgan fingerprint density at radius 2 is 1.95 bits per heavy atom. The molecule has 1 aliphatic heterocycles. The molecule has 21 heavy (non-hydrogen) atoms. The molecule has 4 nitrogen and oxygen atoms in total. The molecule has 0 aliphatic carbocycles. The monoisotopic (exact) mass is 328 g/mol. The largest absolute Gasteiger partial charge is 0.343 e. The van der Waals surface area contributed by atoms with Crippen molar-refractivity contribution in [1.82, 2.24) is 10.2 Å². The fourth-order valence-corrected chi connectivity index (χ4v) is 2.74. The maximum atomic E-state index is 12.5. The molecule has 1 N–H and O–H groups in total. The predicted octanol–water partition coefficient (Wildman–Crippen LogP) is 3.01. The van der Waals surface area contributed by atoms with Gasteiger partial charge in [0.2, 0.25) is 11.8 Å². The van der Waals surface area contributed by atoms with Gasteiger partial charge in [0.25, 0.3) is 0 Å². The van der Waals surface area contributed by atoms with E-state index in [9.17, 15) is 9.59 Å². The molecule has 0 spiro atoms. The fraction of sp³-hybridized carbons (Fsp3) is 0.467. The van der Waals surface area contributed by atoms with Crippen molar-refractivity contribution in [2.45, 2.75) is 45.3 Å². The molecule has 0 bridgehead atoms. The lowest BCUT2D eigenvalue weighted by atomic mass is 10.0. The van der Waals surface area contributed by atoms with Crippen LogP contribution in [0.4, 0.5) is 0 Å². The van der Waals surface area contributed by atoms with E-state index < -0.39 is 12.1 Å². The zero-order valence-corrected chi connectivity index (χ0v) is 13.5. The predicted molar refractivity (Wildman–Crippen MR) is 83.3 cm³/mol. The maximum Gasteiger partial charge on any atom is 0.246 e. The van der Waals surface area contributed by atoms with Gasteiger partial charge in [-0.2, -0.15) is 0 Å². The smallest absolute Gasteiger partial charge is 0.246 e. The topological polar surface area (TPSA) is 49.4 Å². The normalized spacial score (nSPS) is 22.4. The molecule has 0 aromatic heterocycles. The molecule has 2 unspecified atom stereocenters. The molecule has 1 heterocycles. The summed E-state index contributed by atoms with van der Waals surface area (Å²) in [5, 5.41) is 3.69. The molecular weight excluding hydrogens is 311 g/mol. The highest BCUT2D eigenvalue weighted by atomic mass is 35.5. The zero-order chi connectivity index (χ0) is 15.6. The van der Waals surface area contributed by atoms with Gasteiger partial charge in [-0.3, -0.25) is 9.59 Å². The third kappa shape index (κ3) is 3.50. The van der Waals surface area contributed by atoms with Crippen molar-refractivity contribution in [2.24, 2.45) is 0 Å². The summed E-state index contributed by atoms with van der Waals surface area (Å²) in [5.74, 6) is -0.164. The van der Waals surface area contributed by atoms with Gasteiger partial charge in [0.1, 0.15) is 12.1 Å². The highest BCUT2D eigenvalue weighted by Gasteiger charge is 2.37. The lowest BCUT2D eigenvalue weighted by molar-refractivity contribution is -0.149. The molecule has 6 heteroatoms. The van der Waals surface area contributed by atoms with Crippen LogP contribution in [-0.4, -0.2) is 28.8 Å². The fourth-order valence-electron chi connectivity index (χ4n) is 2.42. The molecule has 2 amide bonds. The van der Waals surface area contributed by atoms with Crippen LogP contribution >= 0.6 is 23.2 Å².